The largest absolute Gasteiger partial charge is 0.332 e. The first-order valence-electron chi connectivity index (χ1n) is 8.71. The van der Waals surface area contributed by atoms with Crippen LogP contribution < -0.4 is 16.0 Å². The van der Waals surface area contributed by atoms with Crippen molar-refractivity contribution in [3.8, 4) is 0 Å². The van der Waals surface area contributed by atoms with Crippen molar-refractivity contribution in [3.05, 3.63) is 82.0 Å². The number of anilines is 2. The van der Waals surface area contributed by atoms with Gasteiger partial charge in [0.2, 0.25) is 0 Å². The molecule has 0 radical (unpaired) electrons. The highest BCUT2D eigenvalue weighted by atomic mass is 32.1. The molecule has 0 saturated heterocycles. The van der Waals surface area contributed by atoms with Gasteiger partial charge in [-0.3, -0.25) is 14.9 Å². The molecule has 3 aromatic rings. The van der Waals surface area contributed by atoms with E-state index in [1.807, 2.05) is 23.6 Å². The fraction of sp³-hybridized carbons (Fsp3) is 0.0952. The second-order valence-corrected chi connectivity index (χ2v) is 7.32. The molecule has 0 bridgehead atoms. The Bertz CT molecular complexity index is 966. The van der Waals surface area contributed by atoms with Crippen LogP contribution in [0.3, 0.4) is 0 Å². The molecule has 142 valence electrons. The molecule has 5 nitrogen and oxygen atoms in total. The van der Waals surface area contributed by atoms with Crippen LogP contribution in [0, 0.1) is 0 Å². The van der Waals surface area contributed by atoms with Crippen molar-refractivity contribution >= 4 is 51.9 Å². The van der Waals surface area contributed by atoms with E-state index >= 15 is 0 Å². The lowest BCUT2D eigenvalue weighted by atomic mass is 10.1. The van der Waals surface area contributed by atoms with Crippen LogP contribution in [0.1, 0.15) is 32.5 Å². The van der Waals surface area contributed by atoms with E-state index < -0.39 is 0 Å². The number of thiocarbonyl (C=S) groups is 1. The molecule has 1 heterocycles. The average molecular weight is 410 g/mol. The van der Waals surface area contributed by atoms with Gasteiger partial charge in [0.15, 0.2) is 5.11 Å². The molecule has 28 heavy (non-hydrogen) atoms. The molecule has 0 atom stereocenters. The maximum absolute atomic E-state index is 12.2. The highest BCUT2D eigenvalue weighted by Gasteiger charge is 2.09. The monoisotopic (exact) mass is 409 g/mol. The smallest absolute Gasteiger partial charge is 0.265 e. The van der Waals surface area contributed by atoms with E-state index in [0.29, 0.717) is 21.8 Å². The Morgan fingerprint density at radius 2 is 1.54 bits per heavy atom. The van der Waals surface area contributed by atoms with E-state index in [9.17, 15) is 9.59 Å². The number of carbonyl (C=O) groups excluding carboxylic acids is 2. The Kier molecular flexibility index (Phi) is 6.52. The number of aryl methyl sites for hydroxylation is 1. The Labute approximate surface area is 172 Å². The van der Waals surface area contributed by atoms with Crippen LogP contribution in [0.25, 0.3) is 0 Å². The number of amides is 2. The standard InChI is InChI=1S/C21H19N3O2S2/c1-2-14-5-7-15(8-6-14)19(25)24-21(27)23-17-11-9-16(10-12-17)22-20(26)18-4-3-13-28-18/h3-13H,2H2,1H3,(H,22,26)(H2,23,24,25,27). The Balaban J connectivity index is 1.53. The van der Waals surface area contributed by atoms with Crippen molar-refractivity contribution in [2.45, 2.75) is 13.3 Å². The summed E-state index contributed by atoms with van der Waals surface area (Å²) in [4.78, 5) is 24.9. The summed E-state index contributed by atoms with van der Waals surface area (Å²) >= 11 is 6.59. The summed E-state index contributed by atoms with van der Waals surface area (Å²) in [6.45, 7) is 2.06. The Hall–Kier alpha value is -3.03. The van der Waals surface area contributed by atoms with Crippen molar-refractivity contribution in [2.75, 3.05) is 10.6 Å². The van der Waals surface area contributed by atoms with E-state index in [2.05, 4.69) is 22.9 Å². The van der Waals surface area contributed by atoms with E-state index in [1.165, 1.54) is 16.9 Å². The number of hydrogen-bond acceptors (Lipinski definition) is 4. The first kappa shape index (κ1) is 19.7. The fourth-order valence-electron chi connectivity index (χ4n) is 2.47. The molecule has 0 aliphatic heterocycles. The van der Waals surface area contributed by atoms with E-state index in [1.54, 1.807) is 42.5 Å². The summed E-state index contributed by atoms with van der Waals surface area (Å²) in [5.41, 5.74) is 3.10. The molecule has 3 N–H and O–H groups in total. The van der Waals surface area contributed by atoms with Crippen LogP contribution in [-0.2, 0) is 6.42 Å². The van der Waals surface area contributed by atoms with Crippen LogP contribution in [0.4, 0.5) is 11.4 Å². The molecule has 3 rings (SSSR count). The normalized spacial score (nSPS) is 10.2. The third-order valence-electron chi connectivity index (χ3n) is 4.00. The van der Waals surface area contributed by atoms with Gasteiger partial charge in [0.1, 0.15) is 0 Å². The van der Waals surface area contributed by atoms with Crippen LogP contribution in [0.15, 0.2) is 66.0 Å². The van der Waals surface area contributed by atoms with Gasteiger partial charge in [-0.25, -0.2) is 0 Å². The topological polar surface area (TPSA) is 70.2 Å². The maximum Gasteiger partial charge on any atom is 0.265 e. The minimum atomic E-state index is -0.264. The highest BCUT2D eigenvalue weighted by Crippen LogP contribution is 2.16. The zero-order valence-electron chi connectivity index (χ0n) is 15.2. The lowest BCUT2D eigenvalue weighted by molar-refractivity contribution is 0.0976. The van der Waals surface area contributed by atoms with Crippen molar-refractivity contribution in [1.29, 1.82) is 0 Å². The van der Waals surface area contributed by atoms with Crippen LogP contribution in [-0.4, -0.2) is 16.9 Å². The van der Waals surface area contributed by atoms with Gasteiger partial charge in [-0.2, -0.15) is 0 Å². The lowest BCUT2D eigenvalue weighted by Crippen LogP contribution is -2.34. The molecular formula is C21H19N3O2S2. The van der Waals surface area contributed by atoms with Gasteiger partial charge in [0.05, 0.1) is 4.88 Å². The summed E-state index contributed by atoms with van der Waals surface area (Å²) in [6, 6.07) is 18.1. The number of carbonyl (C=O) groups is 2. The summed E-state index contributed by atoms with van der Waals surface area (Å²) in [6.07, 6.45) is 0.922. The number of thiophene rings is 1. The van der Waals surface area contributed by atoms with Crippen molar-refractivity contribution in [3.63, 3.8) is 0 Å². The molecule has 2 amide bonds. The SMILES string of the molecule is CCc1ccc(C(=O)NC(=S)Nc2ccc(NC(=O)c3cccs3)cc2)cc1. The van der Waals surface area contributed by atoms with Crippen molar-refractivity contribution in [2.24, 2.45) is 0 Å². The van der Waals surface area contributed by atoms with E-state index in [4.69, 9.17) is 12.2 Å². The van der Waals surface area contributed by atoms with Crippen LogP contribution in [0.5, 0.6) is 0 Å². The molecule has 0 saturated carbocycles. The van der Waals surface area contributed by atoms with Gasteiger partial charge in [-0.1, -0.05) is 25.1 Å². The molecule has 0 aliphatic carbocycles. The summed E-state index contributed by atoms with van der Waals surface area (Å²) < 4.78 is 0. The zero-order valence-corrected chi connectivity index (χ0v) is 16.8. The van der Waals surface area contributed by atoms with Crippen molar-refractivity contribution < 1.29 is 9.59 Å². The highest BCUT2D eigenvalue weighted by molar-refractivity contribution is 7.80. The number of hydrogen-bond donors (Lipinski definition) is 3. The lowest BCUT2D eigenvalue weighted by Gasteiger charge is -2.11. The quantitative estimate of drug-likeness (QED) is 0.535. The van der Waals surface area contributed by atoms with E-state index in [-0.39, 0.29) is 16.9 Å². The molecule has 0 unspecified atom stereocenters. The van der Waals surface area contributed by atoms with Gasteiger partial charge in [0.25, 0.3) is 11.8 Å². The molecule has 1 aromatic heterocycles. The van der Waals surface area contributed by atoms with Crippen LogP contribution in [0.2, 0.25) is 0 Å². The first-order chi connectivity index (χ1) is 13.5. The van der Waals surface area contributed by atoms with Gasteiger partial charge in [-0.05, 0) is 72.0 Å². The molecule has 0 spiro atoms. The Morgan fingerprint density at radius 1 is 0.893 bits per heavy atom. The number of rotatable bonds is 5. The third-order valence-corrected chi connectivity index (χ3v) is 5.07. The van der Waals surface area contributed by atoms with Gasteiger partial charge in [-0.15, -0.1) is 11.3 Å². The van der Waals surface area contributed by atoms with E-state index in [0.717, 1.165) is 6.42 Å². The minimum absolute atomic E-state index is 0.146. The predicted molar refractivity (Wildman–Crippen MR) is 118 cm³/mol. The van der Waals surface area contributed by atoms with Gasteiger partial charge in [0, 0.05) is 16.9 Å². The second kappa shape index (κ2) is 9.25. The maximum atomic E-state index is 12.2. The summed E-state index contributed by atoms with van der Waals surface area (Å²) in [7, 11) is 0. The van der Waals surface area contributed by atoms with Gasteiger partial charge >= 0.3 is 0 Å². The summed E-state index contributed by atoms with van der Waals surface area (Å²) in [5, 5.41) is 10.5. The fourth-order valence-corrected chi connectivity index (χ4v) is 3.30. The van der Waals surface area contributed by atoms with Gasteiger partial charge < -0.3 is 10.6 Å². The first-order valence-corrected chi connectivity index (χ1v) is 10.00. The Morgan fingerprint density at radius 3 is 2.11 bits per heavy atom. The summed E-state index contributed by atoms with van der Waals surface area (Å²) in [5.74, 6) is -0.410. The molecule has 7 heteroatoms. The molecule has 2 aromatic carbocycles. The zero-order chi connectivity index (χ0) is 19.9. The average Bonchev–Trinajstić information content (AvgIpc) is 3.24. The van der Waals surface area contributed by atoms with Crippen molar-refractivity contribution in [1.82, 2.24) is 5.32 Å². The molecule has 0 aliphatic rings. The minimum Gasteiger partial charge on any atom is -0.332 e. The third kappa shape index (κ3) is 5.25. The predicted octanol–water partition coefficient (Wildman–Crippen LogP) is 4.69. The second-order valence-electron chi connectivity index (χ2n) is 5.97. The van der Waals surface area contributed by atoms with Crippen LogP contribution >= 0.6 is 23.6 Å². The molecule has 0 fully saturated rings. The molecular weight excluding hydrogens is 390 g/mol. The number of benzene rings is 2. The number of nitrogens with one attached hydrogen (secondary N) is 3.